The Bertz CT molecular complexity index is 797. The van der Waals surface area contributed by atoms with Gasteiger partial charge in [-0.25, -0.2) is 0 Å². The first kappa shape index (κ1) is 19.5. The van der Waals surface area contributed by atoms with Crippen LogP contribution in [0.1, 0.15) is 11.1 Å². The van der Waals surface area contributed by atoms with Crippen LogP contribution in [-0.4, -0.2) is 55.6 Å². The first-order valence-corrected chi connectivity index (χ1v) is 9.46. The zero-order chi connectivity index (χ0) is 19.2. The lowest BCUT2D eigenvalue weighted by Gasteiger charge is -2.23. The van der Waals surface area contributed by atoms with Gasteiger partial charge in [0.1, 0.15) is 24.7 Å². The van der Waals surface area contributed by atoms with Crippen LogP contribution in [0.5, 0.6) is 11.5 Å². The third kappa shape index (κ3) is 5.37. The van der Waals surface area contributed by atoms with Gasteiger partial charge >= 0.3 is 0 Å². The van der Waals surface area contributed by atoms with Crippen LogP contribution >= 0.6 is 11.6 Å². The Labute approximate surface area is 165 Å². The molecule has 0 aromatic heterocycles. The highest BCUT2D eigenvalue weighted by Gasteiger charge is 2.19. The van der Waals surface area contributed by atoms with Gasteiger partial charge in [-0.2, -0.15) is 0 Å². The predicted molar refractivity (Wildman–Crippen MR) is 107 cm³/mol. The summed E-state index contributed by atoms with van der Waals surface area (Å²) >= 11 is 6.17. The molecule has 3 rings (SSSR count). The van der Waals surface area contributed by atoms with Gasteiger partial charge in [-0.3, -0.25) is 9.69 Å². The molecule has 0 atom stereocenters. The lowest BCUT2D eigenvalue weighted by molar-refractivity contribution is -0.131. The van der Waals surface area contributed by atoms with Crippen LogP contribution in [0.25, 0.3) is 0 Å². The molecule has 0 radical (unpaired) electrons. The van der Waals surface area contributed by atoms with Crippen molar-refractivity contribution in [1.82, 2.24) is 9.80 Å². The number of rotatable bonds is 6. The maximum absolute atomic E-state index is 12.6. The topological polar surface area (TPSA) is 42.0 Å². The van der Waals surface area contributed by atoms with Gasteiger partial charge in [0, 0.05) is 25.7 Å². The molecular formula is C21H25ClN2O3. The molecule has 5 nitrogen and oxygen atoms in total. The molecule has 0 spiro atoms. The van der Waals surface area contributed by atoms with Crippen LogP contribution in [0.15, 0.2) is 42.5 Å². The molecule has 0 bridgehead atoms. The van der Waals surface area contributed by atoms with E-state index in [1.807, 2.05) is 49.4 Å². The molecule has 1 aliphatic rings. The van der Waals surface area contributed by atoms with Gasteiger partial charge in [-0.05, 0) is 30.7 Å². The summed E-state index contributed by atoms with van der Waals surface area (Å²) in [5, 5.41) is 0.590. The standard InChI is InChI=1S/C21H25ClN2O3/c1-16-7-8-20(18(22)13-16)27-11-9-23(2)21(25)15-24-10-12-26-19-6-4-3-5-17(19)14-24/h3-8,13H,9-12,14-15H2,1-2H3. The van der Waals surface area contributed by atoms with Gasteiger partial charge in [-0.15, -0.1) is 0 Å². The molecule has 27 heavy (non-hydrogen) atoms. The number of fused-ring (bicyclic) bond motifs is 1. The number of amides is 1. The zero-order valence-corrected chi connectivity index (χ0v) is 16.5. The van der Waals surface area contributed by atoms with Crippen molar-refractivity contribution in [2.75, 3.05) is 39.9 Å². The van der Waals surface area contributed by atoms with E-state index in [2.05, 4.69) is 4.90 Å². The van der Waals surface area contributed by atoms with E-state index in [0.717, 1.165) is 23.4 Å². The number of halogens is 1. The number of carbonyl (C=O) groups excluding carboxylic acids is 1. The molecule has 144 valence electrons. The normalized spacial score (nSPS) is 14.0. The number of likely N-dealkylation sites (N-methyl/N-ethyl adjacent to an activating group) is 1. The number of para-hydroxylation sites is 1. The highest BCUT2D eigenvalue weighted by molar-refractivity contribution is 6.32. The molecule has 1 amide bonds. The number of aryl methyl sites for hydroxylation is 1. The van der Waals surface area contributed by atoms with Gasteiger partial charge in [0.25, 0.3) is 0 Å². The van der Waals surface area contributed by atoms with Crippen molar-refractivity contribution >= 4 is 17.5 Å². The van der Waals surface area contributed by atoms with Gasteiger partial charge < -0.3 is 14.4 Å². The Kier molecular flexibility index (Phi) is 6.58. The Morgan fingerprint density at radius 1 is 1.30 bits per heavy atom. The van der Waals surface area contributed by atoms with Gasteiger partial charge in [0.15, 0.2) is 0 Å². The SMILES string of the molecule is Cc1ccc(OCCN(C)C(=O)CN2CCOc3ccccc3C2)c(Cl)c1. The Hall–Kier alpha value is -2.24. The summed E-state index contributed by atoms with van der Waals surface area (Å²) in [6.07, 6.45) is 0. The quantitative estimate of drug-likeness (QED) is 0.760. The number of hydrogen-bond acceptors (Lipinski definition) is 4. The first-order valence-electron chi connectivity index (χ1n) is 9.09. The van der Waals surface area contributed by atoms with Crippen molar-refractivity contribution < 1.29 is 14.3 Å². The molecule has 1 aliphatic heterocycles. The second kappa shape index (κ2) is 9.11. The summed E-state index contributed by atoms with van der Waals surface area (Å²) in [6.45, 7) is 5.27. The van der Waals surface area contributed by atoms with Gasteiger partial charge in [0.2, 0.25) is 5.91 Å². The number of carbonyl (C=O) groups is 1. The van der Waals surface area contributed by atoms with Crippen LogP contribution in [0.4, 0.5) is 0 Å². The fourth-order valence-corrected chi connectivity index (χ4v) is 3.26. The van der Waals surface area contributed by atoms with E-state index < -0.39 is 0 Å². The first-order chi connectivity index (χ1) is 13.0. The lowest BCUT2D eigenvalue weighted by Crippen LogP contribution is -2.40. The summed E-state index contributed by atoms with van der Waals surface area (Å²) in [7, 11) is 1.80. The van der Waals surface area contributed by atoms with E-state index in [-0.39, 0.29) is 5.91 Å². The smallest absolute Gasteiger partial charge is 0.236 e. The third-order valence-corrected chi connectivity index (χ3v) is 4.88. The van der Waals surface area contributed by atoms with Crippen LogP contribution < -0.4 is 9.47 Å². The molecule has 0 aliphatic carbocycles. The molecule has 6 heteroatoms. The zero-order valence-electron chi connectivity index (χ0n) is 15.8. The summed E-state index contributed by atoms with van der Waals surface area (Å²) in [5.41, 5.74) is 2.20. The summed E-state index contributed by atoms with van der Waals surface area (Å²) in [4.78, 5) is 16.4. The maximum atomic E-state index is 12.6. The molecule has 2 aromatic carbocycles. The van der Waals surface area contributed by atoms with Crippen LogP contribution in [0.2, 0.25) is 5.02 Å². The highest BCUT2D eigenvalue weighted by atomic mass is 35.5. The third-order valence-electron chi connectivity index (χ3n) is 4.59. The number of benzene rings is 2. The molecular weight excluding hydrogens is 364 g/mol. The maximum Gasteiger partial charge on any atom is 0.236 e. The Morgan fingerprint density at radius 2 is 2.11 bits per heavy atom. The molecule has 0 unspecified atom stereocenters. The highest BCUT2D eigenvalue weighted by Crippen LogP contribution is 2.25. The second-order valence-electron chi connectivity index (χ2n) is 6.76. The molecule has 0 saturated heterocycles. The monoisotopic (exact) mass is 388 g/mol. The minimum absolute atomic E-state index is 0.0629. The molecule has 1 heterocycles. The molecule has 2 aromatic rings. The lowest BCUT2D eigenvalue weighted by atomic mass is 10.2. The van der Waals surface area contributed by atoms with Crippen molar-refractivity contribution in [3.05, 3.63) is 58.6 Å². The summed E-state index contributed by atoms with van der Waals surface area (Å²) < 4.78 is 11.5. The van der Waals surface area contributed by atoms with E-state index in [9.17, 15) is 4.79 Å². The average molecular weight is 389 g/mol. The van der Waals surface area contributed by atoms with E-state index in [0.29, 0.717) is 43.6 Å². The predicted octanol–water partition coefficient (Wildman–Crippen LogP) is 3.38. The number of nitrogens with zero attached hydrogens (tertiary/aromatic N) is 2. The number of ether oxygens (including phenoxy) is 2. The van der Waals surface area contributed by atoms with Gasteiger partial charge in [-0.1, -0.05) is 35.9 Å². The number of hydrogen-bond donors (Lipinski definition) is 0. The minimum Gasteiger partial charge on any atom is -0.492 e. The van der Waals surface area contributed by atoms with Crippen LogP contribution in [0.3, 0.4) is 0 Å². The summed E-state index contributed by atoms with van der Waals surface area (Å²) in [6, 6.07) is 13.6. The summed E-state index contributed by atoms with van der Waals surface area (Å²) in [5.74, 6) is 1.61. The second-order valence-corrected chi connectivity index (χ2v) is 7.17. The van der Waals surface area contributed by atoms with E-state index in [1.54, 1.807) is 11.9 Å². The van der Waals surface area contributed by atoms with E-state index in [4.69, 9.17) is 21.1 Å². The average Bonchev–Trinajstić information content (AvgIpc) is 2.85. The van der Waals surface area contributed by atoms with Crippen molar-refractivity contribution in [2.24, 2.45) is 0 Å². The molecule has 0 saturated carbocycles. The van der Waals surface area contributed by atoms with Crippen molar-refractivity contribution in [2.45, 2.75) is 13.5 Å². The Balaban J connectivity index is 1.47. The Morgan fingerprint density at radius 3 is 2.93 bits per heavy atom. The van der Waals surface area contributed by atoms with Crippen LogP contribution in [0, 0.1) is 6.92 Å². The fraction of sp³-hybridized carbons (Fsp3) is 0.381. The molecule has 0 fully saturated rings. The van der Waals surface area contributed by atoms with E-state index in [1.165, 1.54) is 0 Å². The molecule has 0 N–H and O–H groups in total. The van der Waals surface area contributed by atoms with Crippen LogP contribution in [-0.2, 0) is 11.3 Å². The van der Waals surface area contributed by atoms with E-state index >= 15 is 0 Å². The largest absolute Gasteiger partial charge is 0.492 e. The minimum atomic E-state index is 0.0629. The fourth-order valence-electron chi connectivity index (χ4n) is 2.97. The van der Waals surface area contributed by atoms with Crippen molar-refractivity contribution in [1.29, 1.82) is 0 Å². The van der Waals surface area contributed by atoms with Gasteiger partial charge in [0.05, 0.1) is 18.1 Å². The van der Waals surface area contributed by atoms with Crippen molar-refractivity contribution in [3.8, 4) is 11.5 Å². The van der Waals surface area contributed by atoms with Crippen molar-refractivity contribution in [3.63, 3.8) is 0 Å².